The van der Waals surface area contributed by atoms with Gasteiger partial charge in [-0.1, -0.05) is 6.07 Å². The van der Waals surface area contributed by atoms with Crippen molar-refractivity contribution in [2.45, 2.75) is 12.5 Å². The lowest BCUT2D eigenvalue weighted by molar-refractivity contribution is 0.302. The van der Waals surface area contributed by atoms with Crippen LogP contribution in [0, 0.1) is 5.82 Å². The summed E-state index contributed by atoms with van der Waals surface area (Å²) in [6.45, 7) is 1.49. The van der Waals surface area contributed by atoms with E-state index in [2.05, 4.69) is 57.1 Å². The molecule has 3 rings (SSSR count). The fourth-order valence-corrected chi connectivity index (χ4v) is 4.03. The molecule has 7 heteroatoms. The number of hydrogen-bond acceptors (Lipinski definition) is 3. The molecule has 1 atom stereocenters. The van der Waals surface area contributed by atoms with Gasteiger partial charge in [-0.2, -0.15) is 0 Å². The Hall–Kier alpha value is -2.38. The van der Waals surface area contributed by atoms with Crippen LogP contribution in [0.4, 0.5) is 4.39 Å². The zero-order valence-corrected chi connectivity index (χ0v) is 16.7. The maximum atomic E-state index is 13.5. The van der Waals surface area contributed by atoms with Crippen molar-refractivity contribution in [3.63, 3.8) is 0 Å². The number of rotatable bonds is 7. The predicted octanol–water partition coefficient (Wildman–Crippen LogP) is 3.38. The summed E-state index contributed by atoms with van der Waals surface area (Å²) in [6, 6.07) is 9.35. The smallest absolute Gasteiger partial charge is 0.191 e. The summed E-state index contributed by atoms with van der Waals surface area (Å²) in [5, 5.41) is 9.78. The molecule has 0 aliphatic rings. The third kappa shape index (κ3) is 4.87. The third-order valence-electron chi connectivity index (χ3n) is 4.60. The Balaban J connectivity index is 1.54. The predicted molar refractivity (Wildman–Crippen MR) is 112 cm³/mol. The van der Waals surface area contributed by atoms with Crippen LogP contribution in [0.3, 0.4) is 0 Å². The third-order valence-corrected chi connectivity index (χ3v) is 5.57. The number of fused-ring (bicyclic) bond motifs is 1. The molecule has 1 unspecified atom stereocenters. The summed E-state index contributed by atoms with van der Waals surface area (Å²) in [5.41, 5.74) is 2.05. The average molecular weight is 388 g/mol. The molecule has 0 bridgehead atoms. The number of nitrogens with one attached hydrogen (secondary N) is 3. The van der Waals surface area contributed by atoms with Crippen molar-refractivity contribution >= 4 is 28.2 Å². The number of H-pyrrole nitrogens is 1. The van der Waals surface area contributed by atoms with Gasteiger partial charge in [0.05, 0.1) is 6.04 Å². The van der Waals surface area contributed by atoms with E-state index in [1.807, 2.05) is 6.20 Å². The van der Waals surface area contributed by atoms with Gasteiger partial charge in [-0.3, -0.25) is 4.99 Å². The quantitative estimate of drug-likeness (QED) is 0.430. The molecule has 2 heterocycles. The lowest BCUT2D eigenvalue weighted by Gasteiger charge is -2.24. The largest absolute Gasteiger partial charge is 0.361 e. The van der Waals surface area contributed by atoms with E-state index in [1.54, 1.807) is 30.5 Å². The van der Waals surface area contributed by atoms with Crippen molar-refractivity contribution in [2.75, 3.05) is 34.2 Å². The first-order chi connectivity index (χ1) is 13.1. The zero-order valence-electron chi connectivity index (χ0n) is 15.9. The molecule has 0 saturated heterocycles. The Labute approximate surface area is 163 Å². The minimum absolute atomic E-state index is 0.211. The molecular formula is C20H26FN5S. The molecule has 0 aliphatic heterocycles. The lowest BCUT2D eigenvalue weighted by Crippen LogP contribution is -2.42. The molecule has 144 valence electrons. The molecule has 27 heavy (non-hydrogen) atoms. The topological polar surface area (TPSA) is 55.5 Å². The second-order valence-corrected chi connectivity index (χ2v) is 7.61. The monoisotopic (exact) mass is 387 g/mol. The number of nitrogens with zero attached hydrogens (tertiary/aromatic N) is 2. The van der Waals surface area contributed by atoms with Gasteiger partial charge in [0, 0.05) is 42.1 Å². The second kappa shape index (κ2) is 9.01. The standard InChI is InChI=1S/C20H26FN5S/c1-22-20(25-13-18(26(2)3)19-5-4-10-27-19)23-9-8-14-12-24-17-7-6-15(21)11-16(14)17/h4-7,10-12,18,24H,8-9,13H2,1-3H3,(H2,22,23,25). The van der Waals surface area contributed by atoms with Gasteiger partial charge in [-0.25, -0.2) is 4.39 Å². The van der Waals surface area contributed by atoms with Crippen LogP contribution in [-0.4, -0.2) is 50.1 Å². The van der Waals surface area contributed by atoms with E-state index in [-0.39, 0.29) is 5.82 Å². The molecule has 1 aromatic carbocycles. The van der Waals surface area contributed by atoms with E-state index in [4.69, 9.17) is 0 Å². The highest BCUT2D eigenvalue weighted by Crippen LogP contribution is 2.22. The van der Waals surface area contributed by atoms with Crippen LogP contribution in [0.25, 0.3) is 10.9 Å². The Bertz CT molecular complexity index is 885. The van der Waals surface area contributed by atoms with E-state index >= 15 is 0 Å². The highest BCUT2D eigenvalue weighted by atomic mass is 32.1. The normalized spacial score (nSPS) is 13.3. The van der Waals surface area contributed by atoms with Gasteiger partial charge in [0.1, 0.15) is 5.82 Å². The molecule has 0 aliphatic carbocycles. The number of hydrogen-bond donors (Lipinski definition) is 3. The fraction of sp³-hybridized carbons (Fsp3) is 0.350. The number of aromatic nitrogens is 1. The fourth-order valence-electron chi connectivity index (χ4n) is 3.11. The van der Waals surface area contributed by atoms with Crippen molar-refractivity contribution in [1.29, 1.82) is 0 Å². The minimum atomic E-state index is -0.211. The van der Waals surface area contributed by atoms with Crippen LogP contribution in [0.2, 0.25) is 0 Å². The van der Waals surface area contributed by atoms with Crippen molar-refractivity contribution in [2.24, 2.45) is 4.99 Å². The van der Waals surface area contributed by atoms with Gasteiger partial charge in [-0.15, -0.1) is 11.3 Å². The number of halogens is 1. The molecule has 0 fully saturated rings. The summed E-state index contributed by atoms with van der Waals surface area (Å²) in [5.74, 6) is 0.557. The van der Waals surface area contributed by atoms with Crippen molar-refractivity contribution in [3.8, 4) is 0 Å². The van der Waals surface area contributed by atoms with Crippen molar-refractivity contribution in [1.82, 2.24) is 20.5 Å². The Kier molecular flexibility index (Phi) is 6.47. The minimum Gasteiger partial charge on any atom is -0.361 e. The summed E-state index contributed by atoms with van der Waals surface area (Å²) in [4.78, 5) is 11.0. The lowest BCUT2D eigenvalue weighted by atomic mass is 10.1. The highest BCUT2D eigenvalue weighted by Gasteiger charge is 2.15. The first-order valence-corrected chi connectivity index (χ1v) is 9.86. The molecule has 2 aromatic heterocycles. The molecule has 3 aromatic rings. The van der Waals surface area contributed by atoms with Gasteiger partial charge in [0.15, 0.2) is 5.96 Å². The van der Waals surface area contributed by atoms with Gasteiger partial charge >= 0.3 is 0 Å². The van der Waals surface area contributed by atoms with Crippen molar-refractivity contribution in [3.05, 3.63) is 58.2 Å². The zero-order chi connectivity index (χ0) is 19.2. The van der Waals surface area contributed by atoms with Crippen LogP contribution < -0.4 is 10.6 Å². The maximum absolute atomic E-state index is 13.5. The summed E-state index contributed by atoms with van der Waals surface area (Å²) in [7, 11) is 5.93. The van der Waals surface area contributed by atoms with Gasteiger partial charge in [-0.05, 0) is 55.7 Å². The van der Waals surface area contributed by atoms with Crippen LogP contribution in [-0.2, 0) is 6.42 Å². The summed E-state index contributed by atoms with van der Waals surface area (Å²) in [6.07, 6.45) is 2.73. The van der Waals surface area contributed by atoms with Crippen LogP contribution in [0.1, 0.15) is 16.5 Å². The number of likely N-dealkylation sites (N-methyl/N-ethyl adjacent to an activating group) is 1. The molecule has 0 spiro atoms. The summed E-state index contributed by atoms with van der Waals surface area (Å²) < 4.78 is 13.5. The SMILES string of the molecule is CN=C(NCCc1c[nH]c2ccc(F)cc12)NCC(c1cccs1)N(C)C. The van der Waals surface area contributed by atoms with E-state index in [9.17, 15) is 4.39 Å². The average Bonchev–Trinajstić information content (AvgIpc) is 3.30. The molecule has 3 N–H and O–H groups in total. The first-order valence-electron chi connectivity index (χ1n) is 8.98. The molecule has 0 radical (unpaired) electrons. The second-order valence-electron chi connectivity index (χ2n) is 6.63. The van der Waals surface area contributed by atoms with Crippen LogP contribution in [0.5, 0.6) is 0 Å². The van der Waals surface area contributed by atoms with Gasteiger partial charge in [0.2, 0.25) is 0 Å². The van der Waals surface area contributed by atoms with Crippen LogP contribution in [0.15, 0.2) is 46.9 Å². The first kappa shape index (κ1) is 19.4. The Morgan fingerprint density at radius 2 is 2.15 bits per heavy atom. The van der Waals surface area contributed by atoms with Gasteiger partial charge in [0.25, 0.3) is 0 Å². The number of thiophene rings is 1. The van der Waals surface area contributed by atoms with E-state index in [1.165, 1.54) is 10.9 Å². The van der Waals surface area contributed by atoms with Gasteiger partial charge < -0.3 is 20.5 Å². The Morgan fingerprint density at radius 3 is 2.85 bits per heavy atom. The molecule has 0 saturated carbocycles. The number of benzene rings is 1. The van der Waals surface area contributed by atoms with Crippen LogP contribution >= 0.6 is 11.3 Å². The van der Waals surface area contributed by atoms with Crippen molar-refractivity contribution < 1.29 is 4.39 Å². The van der Waals surface area contributed by atoms with E-state index in [0.29, 0.717) is 6.04 Å². The Morgan fingerprint density at radius 1 is 1.30 bits per heavy atom. The number of guanidine groups is 1. The maximum Gasteiger partial charge on any atom is 0.191 e. The van der Waals surface area contributed by atoms with E-state index in [0.717, 1.165) is 41.9 Å². The molecule has 0 amide bonds. The highest BCUT2D eigenvalue weighted by molar-refractivity contribution is 7.10. The van der Waals surface area contributed by atoms with E-state index < -0.39 is 0 Å². The molecule has 5 nitrogen and oxygen atoms in total. The molecular weight excluding hydrogens is 361 g/mol. The summed E-state index contributed by atoms with van der Waals surface area (Å²) >= 11 is 1.76. The number of aromatic amines is 1. The number of aliphatic imine (C=N–C) groups is 1.